The molecule has 0 spiro atoms. The Bertz CT molecular complexity index is 471. The lowest BCUT2D eigenvalue weighted by Gasteiger charge is -2.27. The molecule has 0 fully saturated rings. The number of hydrogen-bond acceptors (Lipinski definition) is 3. The van der Waals surface area contributed by atoms with Crippen molar-refractivity contribution in [2.24, 2.45) is 11.1 Å². The monoisotopic (exact) mass is 264 g/mol. The summed E-state index contributed by atoms with van der Waals surface area (Å²) >= 11 is 1.63. The average Bonchev–Trinajstić information content (AvgIpc) is 2.34. The van der Waals surface area contributed by atoms with E-state index in [-0.39, 0.29) is 11.3 Å². The van der Waals surface area contributed by atoms with Crippen LogP contribution in [-0.4, -0.2) is 25.3 Å². The molecular formula is C14H20N2OS. The van der Waals surface area contributed by atoms with Crippen LogP contribution < -0.4 is 10.6 Å². The summed E-state index contributed by atoms with van der Waals surface area (Å²) in [7, 11) is 1.84. The van der Waals surface area contributed by atoms with Crippen molar-refractivity contribution in [3.05, 3.63) is 23.8 Å². The molecule has 0 bridgehead atoms. The SMILES string of the molecule is CN1C(=O)CSc2cc(CC(C)(C)CN)ccc21. The van der Waals surface area contributed by atoms with Gasteiger partial charge in [-0.3, -0.25) is 4.79 Å². The van der Waals surface area contributed by atoms with Crippen molar-refractivity contribution in [1.82, 2.24) is 0 Å². The first-order valence-electron chi connectivity index (χ1n) is 6.15. The first-order valence-corrected chi connectivity index (χ1v) is 7.14. The van der Waals surface area contributed by atoms with Gasteiger partial charge in [-0.05, 0) is 36.1 Å². The number of thioether (sulfide) groups is 1. The molecule has 1 amide bonds. The standard InChI is InChI=1S/C14H20N2OS/c1-14(2,9-15)7-10-4-5-11-12(6-10)18-8-13(17)16(11)3/h4-6H,7-9,15H2,1-3H3. The van der Waals surface area contributed by atoms with Crippen LogP contribution >= 0.6 is 11.8 Å². The van der Waals surface area contributed by atoms with E-state index in [0.29, 0.717) is 12.3 Å². The number of hydrogen-bond donors (Lipinski definition) is 1. The highest BCUT2D eigenvalue weighted by molar-refractivity contribution is 8.00. The zero-order valence-electron chi connectivity index (χ0n) is 11.2. The van der Waals surface area contributed by atoms with Gasteiger partial charge in [-0.25, -0.2) is 0 Å². The maximum Gasteiger partial charge on any atom is 0.237 e. The number of benzene rings is 1. The molecule has 1 aliphatic heterocycles. The number of nitrogens with two attached hydrogens (primary N) is 1. The first-order chi connectivity index (χ1) is 8.43. The Kier molecular flexibility index (Phi) is 3.69. The molecule has 1 aromatic rings. The van der Waals surface area contributed by atoms with E-state index < -0.39 is 0 Å². The molecule has 1 aliphatic rings. The van der Waals surface area contributed by atoms with Gasteiger partial charge in [0.2, 0.25) is 5.91 Å². The van der Waals surface area contributed by atoms with E-state index in [9.17, 15) is 4.79 Å². The Morgan fingerprint density at radius 2 is 2.17 bits per heavy atom. The summed E-state index contributed by atoms with van der Waals surface area (Å²) in [6, 6.07) is 6.34. The van der Waals surface area contributed by atoms with Crippen LogP contribution in [0.25, 0.3) is 0 Å². The Morgan fingerprint density at radius 3 is 2.83 bits per heavy atom. The number of fused-ring (bicyclic) bond motifs is 1. The number of carbonyl (C=O) groups is 1. The van der Waals surface area contributed by atoms with E-state index in [1.807, 2.05) is 13.1 Å². The largest absolute Gasteiger partial charge is 0.330 e. The van der Waals surface area contributed by atoms with Gasteiger partial charge in [-0.2, -0.15) is 0 Å². The lowest BCUT2D eigenvalue weighted by atomic mass is 9.86. The molecule has 0 aliphatic carbocycles. The highest BCUT2D eigenvalue weighted by atomic mass is 32.2. The van der Waals surface area contributed by atoms with Crippen LogP contribution in [0.4, 0.5) is 5.69 Å². The van der Waals surface area contributed by atoms with E-state index >= 15 is 0 Å². The number of rotatable bonds is 3. The van der Waals surface area contributed by atoms with Gasteiger partial charge in [0.25, 0.3) is 0 Å². The van der Waals surface area contributed by atoms with E-state index in [0.717, 1.165) is 12.1 Å². The second-order valence-corrected chi connectivity index (χ2v) is 6.61. The van der Waals surface area contributed by atoms with E-state index in [4.69, 9.17) is 5.73 Å². The molecule has 2 rings (SSSR count). The van der Waals surface area contributed by atoms with Gasteiger partial charge >= 0.3 is 0 Å². The van der Waals surface area contributed by atoms with E-state index in [2.05, 4.69) is 26.0 Å². The van der Waals surface area contributed by atoms with Gasteiger partial charge in [-0.15, -0.1) is 11.8 Å². The minimum Gasteiger partial charge on any atom is -0.330 e. The molecular weight excluding hydrogens is 244 g/mol. The molecule has 0 atom stereocenters. The summed E-state index contributed by atoms with van der Waals surface area (Å²) in [5.41, 5.74) is 8.20. The molecule has 2 N–H and O–H groups in total. The van der Waals surface area contributed by atoms with Crippen LogP contribution in [0, 0.1) is 5.41 Å². The third kappa shape index (κ3) is 2.70. The van der Waals surface area contributed by atoms with Crippen molar-refractivity contribution in [1.29, 1.82) is 0 Å². The molecule has 0 saturated carbocycles. The number of anilines is 1. The fourth-order valence-electron chi connectivity index (χ4n) is 2.06. The summed E-state index contributed by atoms with van der Waals surface area (Å²) in [4.78, 5) is 14.5. The van der Waals surface area contributed by atoms with Gasteiger partial charge in [0.05, 0.1) is 11.4 Å². The predicted octanol–water partition coefficient (Wildman–Crippen LogP) is 2.28. The zero-order chi connectivity index (χ0) is 13.3. The summed E-state index contributed by atoms with van der Waals surface area (Å²) in [5.74, 6) is 0.704. The van der Waals surface area contributed by atoms with Crippen LogP contribution in [0.3, 0.4) is 0 Å². The molecule has 3 nitrogen and oxygen atoms in total. The summed E-state index contributed by atoms with van der Waals surface area (Å²) in [6.45, 7) is 5.03. The molecule has 0 radical (unpaired) electrons. The number of amides is 1. The smallest absolute Gasteiger partial charge is 0.237 e. The topological polar surface area (TPSA) is 46.3 Å². The number of carbonyl (C=O) groups excluding carboxylic acids is 1. The lowest BCUT2D eigenvalue weighted by Crippen LogP contribution is -2.31. The van der Waals surface area contributed by atoms with Crippen LogP contribution in [0.5, 0.6) is 0 Å². The third-order valence-electron chi connectivity index (χ3n) is 3.35. The average molecular weight is 264 g/mol. The first kappa shape index (κ1) is 13.4. The maximum atomic E-state index is 11.6. The second kappa shape index (κ2) is 4.94. The Morgan fingerprint density at radius 1 is 1.44 bits per heavy atom. The maximum absolute atomic E-state index is 11.6. The van der Waals surface area contributed by atoms with Crippen LogP contribution in [0.1, 0.15) is 19.4 Å². The predicted molar refractivity (Wildman–Crippen MR) is 77.1 cm³/mol. The summed E-state index contributed by atoms with van der Waals surface area (Å²) < 4.78 is 0. The van der Waals surface area contributed by atoms with Crippen LogP contribution in [-0.2, 0) is 11.2 Å². The van der Waals surface area contributed by atoms with Gasteiger partial charge in [0, 0.05) is 11.9 Å². The van der Waals surface area contributed by atoms with Crippen molar-refractivity contribution in [2.45, 2.75) is 25.2 Å². The van der Waals surface area contributed by atoms with Gasteiger partial charge in [0.15, 0.2) is 0 Å². The molecule has 98 valence electrons. The normalized spacial score (nSPS) is 15.8. The van der Waals surface area contributed by atoms with E-state index in [1.54, 1.807) is 16.7 Å². The zero-order valence-corrected chi connectivity index (χ0v) is 12.0. The Balaban J connectivity index is 2.26. The minimum absolute atomic E-state index is 0.120. The third-order valence-corrected chi connectivity index (χ3v) is 4.38. The fraction of sp³-hybridized carbons (Fsp3) is 0.500. The molecule has 1 aromatic carbocycles. The van der Waals surface area contributed by atoms with Gasteiger partial charge < -0.3 is 10.6 Å². The quantitative estimate of drug-likeness (QED) is 0.911. The highest BCUT2D eigenvalue weighted by Gasteiger charge is 2.23. The molecule has 4 heteroatoms. The van der Waals surface area contributed by atoms with Gasteiger partial charge in [-0.1, -0.05) is 19.9 Å². The molecule has 0 aromatic heterocycles. The van der Waals surface area contributed by atoms with Crippen LogP contribution in [0.15, 0.2) is 23.1 Å². The molecule has 18 heavy (non-hydrogen) atoms. The molecule has 1 heterocycles. The second-order valence-electron chi connectivity index (χ2n) is 5.59. The summed E-state index contributed by atoms with van der Waals surface area (Å²) in [6.07, 6.45) is 0.967. The van der Waals surface area contributed by atoms with Crippen molar-refractivity contribution in [2.75, 3.05) is 24.2 Å². The van der Waals surface area contributed by atoms with Gasteiger partial charge in [0.1, 0.15) is 0 Å². The van der Waals surface area contributed by atoms with Crippen molar-refractivity contribution in [3.8, 4) is 0 Å². The minimum atomic E-state index is 0.120. The fourth-order valence-corrected chi connectivity index (χ4v) is 3.12. The van der Waals surface area contributed by atoms with Crippen molar-refractivity contribution >= 4 is 23.4 Å². The Hall–Kier alpha value is -1.00. The van der Waals surface area contributed by atoms with E-state index in [1.165, 1.54) is 10.5 Å². The highest BCUT2D eigenvalue weighted by Crippen LogP contribution is 2.36. The van der Waals surface area contributed by atoms with Crippen molar-refractivity contribution in [3.63, 3.8) is 0 Å². The Labute approximate surface area is 113 Å². The van der Waals surface area contributed by atoms with Crippen LogP contribution in [0.2, 0.25) is 0 Å². The molecule has 0 unspecified atom stereocenters. The number of nitrogens with zero attached hydrogens (tertiary/aromatic N) is 1. The lowest BCUT2D eigenvalue weighted by molar-refractivity contribution is -0.116. The summed E-state index contributed by atoms with van der Waals surface area (Å²) in [5, 5.41) is 0. The molecule has 0 saturated heterocycles. The van der Waals surface area contributed by atoms with Crippen molar-refractivity contribution < 1.29 is 4.79 Å².